The number of anilines is 1. The summed E-state index contributed by atoms with van der Waals surface area (Å²) >= 11 is 0. The van der Waals surface area contributed by atoms with E-state index < -0.39 is 34.9 Å². The molecule has 3 aromatic rings. The largest absolute Gasteiger partial charge is 0.497 e. The number of carbonyl (C=O) groups is 1. The van der Waals surface area contributed by atoms with Crippen LogP contribution in [0.5, 0.6) is 5.75 Å². The number of H-pyrrole nitrogens is 1. The molecule has 0 aliphatic carbocycles. The lowest BCUT2D eigenvalue weighted by atomic mass is 10.2. The summed E-state index contributed by atoms with van der Waals surface area (Å²) in [5, 5.41) is 12.8. The summed E-state index contributed by atoms with van der Waals surface area (Å²) in [5.41, 5.74) is 3.16. The summed E-state index contributed by atoms with van der Waals surface area (Å²) in [4.78, 5) is 23.7. The summed E-state index contributed by atoms with van der Waals surface area (Å²) in [6.07, 6.45) is -3.93. The maximum atomic E-state index is 13.7. The first kappa shape index (κ1) is 24.8. The molecule has 4 N–H and O–H groups in total. The van der Waals surface area contributed by atoms with Crippen LogP contribution in [0, 0.1) is 0 Å². The molecular weight excluding hydrogens is 457 g/mol. The minimum Gasteiger partial charge on any atom is -0.497 e. The molecule has 2 aromatic heterocycles. The van der Waals surface area contributed by atoms with Crippen molar-refractivity contribution in [2.45, 2.75) is 32.3 Å². The van der Waals surface area contributed by atoms with Crippen LogP contribution in [0.1, 0.15) is 34.2 Å². The lowest BCUT2D eigenvalue weighted by molar-refractivity contribution is -0.138. The number of aromatic amines is 1. The van der Waals surface area contributed by atoms with Gasteiger partial charge in [0.25, 0.3) is 11.5 Å². The minimum atomic E-state index is -4.90. The van der Waals surface area contributed by atoms with Crippen molar-refractivity contribution in [3.05, 3.63) is 69.4 Å². The third kappa shape index (κ3) is 6.13. The number of hydrogen-bond acceptors (Lipinski definition) is 7. The number of benzene rings is 1. The van der Waals surface area contributed by atoms with Gasteiger partial charge in [0, 0.05) is 6.04 Å². The van der Waals surface area contributed by atoms with Gasteiger partial charge >= 0.3 is 6.18 Å². The number of nitrogens with zero attached hydrogens (tertiary/aromatic N) is 3. The van der Waals surface area contributed by atoms with Gasteiger partial charge in [0.2, 0.25) is 0 Å². The van der Waals surface area contributed by atoms with E-state index in [-0.39, 0.29) is 25.5 Å². The predicted molar refractivity (Wildman–Crippen MR) is 115 cm³/mol. The first-order chi connectivity index (χ1) is 16.1. The molecule has 10 nitrogen and oxygen atoms in total. The lowest BCUT2D eigenvalue weighted by Gasteiger charge is -2.19. The number of primary amides is 1. The van der Waals surface area contributed by atoms with Crippen LogP contribution in [0.2, 0.25) is 0 Å². The number of rotatable bonds is 10. The van der Waals surface area contributed by atoms with Crippen molar-refractivity contribution in [2.75, 3.05) is 19.0 Å². The van der Waals surface area contributed by atoms with E-state index in [1.54, 1.807) is 31.2 Å². The van der Waals surface area contributed by atoms with Crippen molar-refractivity contribution < 1.29 is 27.4 Å². The van der Waals surface area contributed by atoms with E-state index in [9.17, 15) is 22.8 Å². The van der Waals surface area contributed by atoms with Crippen LogP contribution in [-0.4, -0.2) is 45.6 Å². The van der Waals surface area contributed by atoms with Crippen LogP contribution in [0.3, 0.4) is 0 Å². The molecule has 1 aromatic carbocycles. The number of ether oxygens (including phenoxy) is 2. The lowest BCUT2D eigenvalue weighted by Crippen LogP contribution is -2.34. The SMILES string of the molecule is COc1ccc(Cn2ncc(N[C@@H](C)COCc3cc(C(N)=O)n[nH]3)c(C(F)(F)F)c2=O)cc1. The zero-order valence-electron chi connectivity index (χ0n) is 18.3. The van der Waals surface area contributed by atoms with Crippen LogP contribution >= 0.6 is 0 Å². The number of halogens is 3. The number of nitrogens with two attached hydrogens (primary N) is 1. The minimum absolute atomic E-state index is 0.00282. The van der Waals surface area contributed by atoms with Crippen LogP contribution in [0.25, 0.3) is 0 Å². The summed E-state index contributed by atoms with van der Waals surface area (Å²) in [6, 6.07) is 7.36. The Hall–Kier alpha value is -3.87. The second kappa shape index (κ2) is 10.4. The first-order valence-electron chi connectivity index (χ1n) is 10.1. The van der Waals surface area contributed by atoms with Gasteiger partial charge in [-0.25, -0.2) is 4.68 Å². The van der Waals surface area contributed by atoms with Crippen molar-refractivity contribution in [2.24, 2.45) is 5.73 Å². The monoisotopic (exact) mass is 480 g/mol. The fourth-order valence-corrected chi connectivity index (χ4v) is 3.10. The van der Waals surface area contributed by atoms with Gasteiger partial charge in [-0.15, -0.1) is 0 Å². The third-order valence-electron chi connectivity index (χ3n) is 4.73. The Balaban J connectivity index is 1.70. The van der Waals surface area contributed by atoms with Gasteiger partial charge in [0.05, 0.1) is 44.4 Å². The summed E-state index contributed by atoms with van der Waals surface area (Å²) in [7, 11) is 1.49. The molecule has 0 unspecified atom stereocenters. The molecule has 13 heteroatoms. The van der Waals surface area contributed by atoms with Gasteiger partial charge in [-0.05, 0) is 30.7 Å². The zero-order chi connectivity index (χ0) is 24.9. The number of carbonyl (C=O) groups excluding carboxylic acids is 1. The molecule has 1 atom stereocenters. The molecule has 0 aliphatic heterocycles. The van der Waals surface area contributed by atoms with E-state index in [1.165, 1.54) is 13.2 Å². The topological polar surface area (TPSA) is 137 Å². The third-order valence-corrected chi connectivity index (χ3v) is 4.73. The van der Waals surface area contributed by atoms with Crippen molar-refractivity contribution in [1.29, 1.82) is 0 Å². The predicted octanol–water partition coefficient (Wildman–Crippen LogP) is 2.16. The van der Waals surface area contributed by atoms with Crippen LogP contribution in [-0.2, 0) is 24.1 Å². The molecule has 0 spiro atoms. The maximum absolute atomic E-state index is 13.7. The van der Waals surface area contributed by atoms with E-state index in [1.807, 2.05) is 0 Å². The van der Waals surface area contributed by atoms with E-state index in [0.29, 0.717) is 17.0 Å². The molecule has 0 radical (unpaired) electrons. The van der Waals surface area contributed by atoms with Gasteiger partial charge in [-0.1, -0.05) is 12.1 Å². The van der Waals surface area contributed by atoms with Gasteiger partial charge in [0.15, 0.2) is 0 Å². The Kier molecular flexibility index (Phi) is 7.56. The summed E-state index contributed by atoms with van der Waals surface area (Å²) < 4.78 is 52.5. The number of nitrogens with one attached hydrogen (secondary N) is 2. The van der Waals surface area contributed by atoms with E-state index in [4.69, 9.17) is 15.2 Å². The molecule has 3 rings (SSSR count). The normalized spacial score (nSPS) is 12.4. The van der Waals surface area contributed by atoms with Crippen molar-refractivity contribution in [3.8, 4) is 5.75 Å². The number of amides is 1. The van der Waals surface area contributed by atoms with Crippen molar-refractivity contribution in [3.63, 3.8) is 0 Å². The molecule has 182 valence electrons. The Morgan fingerprint density at radius 1 is 1.29 bits per heavy atom. The second-order valence-electron chi connectivity index (χ2n) is 7.45. The fourth-order valence-electron chi connectivity index (χ4n) is 3.10. The molecule has 0 saturated carbocycles. The standard InChI is InChI=1S/C21H23F3N6O4/c1-12(10-34-11-14-7-16(19(25)31)29-28-14)27-17-8-26-30(20(32)18(17)21(22,23)24)9-13-3-5-15(33-2)6-4-13/h3-8,12,27H,9-11H2,1-2H3,(H2,25,31)(H,28,29)/t12-/m0/s1. The van der Waals surface area contributed by atoms with Crippen molar-refractivity contribution in [1.82, 2.24) is 20.0 Å². The average molecular weight is 480 g/mol. The number of hydrogen-bond donors (Lipinski definition) is 3. The zero-order valence-corrected chi connectivity index (χ0v) is 18.3. The first-order valence-corrected chi connectivity index (χ1v) is 10.1. The molecule has 34 heavy (non-hydrogen) atoms. The van der Waals surface area contributed by atoms with Crippen LogP contribution in [0.15, 0.2) is 41.3 Å². The maximum Gasteiger partial charge on any atom is 0.423 e. The number of aromatic nitrogens is 4. The number of methoxy groups -OCH3 is 1. The van der Waals surface area contributed by atoms with E-state index in [0.717, 1.165) is 10.9 Å². The second-order valence-corrected chi connectivity index (χ2v) is 7.45. The quantitative estimate of drug-likeness (QED) is 0.404. The van der Waals surface area contributed by atoms with E-state index in [2.05, 4.69) is 20.6 Å². The Morgan fingerprint density at radius 3 is 2.59 bits per heavy atom. The van der Waals surface area contributed by atoms with Gasteiger partial charge in [-0.2, -0.15) is 23.4 Å². The Morgan fingerprint density at radius 2 is 2.00 bits per heavy atom. The van der Waals surface area contributed by atoms with Gasteiger partial charge < -0.3 is 20.5 Å². The summed E-state index contributed by atoms with van der Waals surface area (Å²) in [6.45, 7) is 1.48. The van der Waals surface area contributed by atoms with Crippen LogP contribution in [0.4, 0.5) is 18.9 Å². The van der Waals surface area contributed by atoms with Gasteiger partial charge in [-0.3, -0.25) is 14.7 Å². The average Bonchev–Trinajstić information content (AvgIpc) is 3.24. The highest BCUT2D eigenvalue weighted by Gasteiger charge is 2.38. The molecule has 0 aliphatic rings. The molecule has 0 bridgehead atoms. The molecular formula is C21H23F3N6O4. The fraction of sp³-hybridized carbons (Fsp3) is 0.333. The number of alkyl halides is 3. The van der Waals surface area contributed by atoms with E-state index >= 15 is 0 Å². The Labute approximate surface area is 191 Å². The molecule has 1 amide bonds. The summed E-state index contributed by atoms with van der Waals surface area (Å²) in [5.74, 6) is -0.122. The van der Waals surface area contributed by atoms with Gasteiger partial charge in [0.1, 0.15) is 17.0 Å². The highest BCUT2D eigenvalue weighted by molar-refractivity contribution is 5.90. The highest BCUT2D eigenvalue weighted by atomic mass is 19.4. The highest BCUT2D eigenvalue weighted by Crippen LogP contribution is 2.32. The van der Waals surface area contributed by atoms with Crippen molar-refractivity contribution >= 4 is 11.6 Å². The molecule has 0 fully saturated rings. The molecule has 0 saturated heterocycles. The molecule has 2 heterocycles. The smallest absolute Gasteiger partial charge is 0.423 e. The Bertz CT molecular complexity index is 1190. The van der Waals surface area contributed by atoms with Crippen LogP contribution < -0.4 is 21.3 Å².